The van der Waals surface area contributed by atoms with Crippen LogP contribution in [0.15, 0.2) is 58.0 Å². The van der Waals surface area contributed by atoms with Gasteiger partial charge in [0.15, 0.2) is 0 Å². The molecule has 0 spiro atoms. The molecule has 1 heterocycles. The van der Waals surface area contributed by atoms with E-state index in [1.807, 2.05) is 62.4 Å². The zero-order chi connectivity index (χ0) is 15.0. The Labute approximate surface area is 132 Å². The fourth-order valence-electron chi connectivity index (χ4n) is 2.49. The predicted molar refractivity (Wildman–Crippen MR) is 89.4 cm³/mol. The van der Waals surface area contributed by atoms with Crippen molar-refractivity contribution in [2.45, 2.75) is 19.9 Å². The Hall–Kier alpha value is -1.94. The molecule has 0 saturated carbocycles. The minimum absolute atomic E-state index is 0.0332. The van der Waals surface area contributed by atoms with Gasteiger partial charge in [0, 0.05) is 16.1 Å². The van der Waals surface area contributed by atoms with Gasteiger partial charge in [-0.3, -0.25) is 4.79 Å². The second-order valence-electron chi connectivity index (χ2n) is 5.22. The number of aliphatic imine (C=N–C) groups is 1. The van der Waals surface area contributed by atoms with Gasteiger partial charge in [-0.25, -0.2) is 4.99 Å². The molecule has 2 aromatic carbocycles. The lowest BCUT2D eigenvalue weighted by Crippen LogP contribution is -2.35. The maximum Gasteiger partial charge on any atom is 0.277 e. The van der Waals surface area contributed by atoms with E-state index in [1.165, 1.54) is 0 Å². The molecule has 1 aliphatic rings. The average Bonchev–Trinajstić information content (AvgIpc) is 2.74. The zero-order valence-electron chi connectivity index (χ0n) is 11.9. The van der Waals surface area contributed by atoms with E-state index in [2.05, 4.69) is 20.9 Å². The van der Waals surface area contributed by atoms with Gasteiger partial charge in [-0.2, -0.15) is 0 Å². The second-order valence-corrected chi connectivity index (χ2v) is 6.14. The maximum atomic E-state index is 12.7. The number of para-hydroxylation sites is 1. The van der Waals surface area contributed by atoms with Crippen molar-refractivity contribution >= 4 is 38.9 Å². The van der Waals surface area contributed by atoms with Crippen LogP contribution in [0.3, 0.4) is 0 Å². The van der Waals surface area contributed by atoms with Crippen LogP contribution in [0.2, 0.25) is 0 Å². The third-order valence-electron chi connectivity index (χ3n) is 3.42. The molecule has 0 atom stereocenters. The normalized spacial score (nSPS) is 15.9. The SMILES string of the molecule is CC(C)N1C(=O)/C(=N\c2ccc(Br)cc2)c2ccccc21. The van der Waals surface area contributed by atoms with Crippen molar-refractivity contribution in [2.24, 2.45) is 4.99 Å². The summed E-state index contributed by atoms with van der Waals surface area (Å²) in [6.07, 6.45) is 0. The Morgan fingerprint density at radius 1 is 1.05 bits per heavy atom. The number of halogens is 1. The van der Waals surface area contributed by atoms with Crippen molar-refractivity contribution in [3.63, 3.8) is 0 Å². The van der Waals surface area contributed by atoms with Crippen molar-refractivity contribution in [1.29, 1.82) is 0 Å². The molecule has 0 saturated heterocycles. The second kappa shape index (κ2) is 5.45. The molecule has 0 aromatic heterocycles. The number of hydrogen-bond donors (Lipinski definition) is 0. The van der Waals surface area contributed by atoms with E-state index >= 15 is 0 Å². The van der Waals surface area contributed by atoms with E-state index < -0.39 is 0 Å². The Balaban J connectivity index is 2.11. The molecule has 21 heavy (non-hydrogen) atoms. The number of rotatable bonds is 2. The molecule has 0 fully saturated rings. The molecule has 3 rings (SSSR count). The summed E-state index contributed by atoms with van der Waals surface area (Å²) in [5.41, 5.74) is 3.14. The third-order valence-corrected chi connectivity index (χ3v) is 3.95. The topological polar surface area (TPSA) is 32.7 Å². The lowest BCUT2D eigenvalue weighted by molar-refractivity contribution is -0.112. The van der Waals surface area contributed by atoms with Crippen molar-refractivity contribution in [3.8, 4) is 0 Å². The smallest absolute Gasteiger partial charge is 0.277 e. The van der Waals surface area contributed by atoms with Gasteiger partial charge < -0.3 is 4.90 Å². The monoisotopic (exact) mass is 342 g/mol. The van der Waals surface area contributed by atoms with Crippen LogP contribution in [-0.4, -0.2) is 17.7 Å². The molecule has 2 aromatic rings. The highest BCUT2D eigenvalue weighted by Gasteiger charge is 2.35. The van der Waals surface area contributed by atoms with Crippen LogP contribution in [-0.2, 0) is 4.79 Å². The minimum Gasteiger partial charge on any atom is -0.304 e. The lowest BCUT2D eigenvalue weighted by atomic mass is 10.1. The summed E-state index contributed by atoms with van der Waals surface area (Å²) in [4.78, 5) is 19.0. The van der Waals surface area contributed by atoms with E-state index in [4.69, 9.17) is 0 Å². The molecule has 1 aliphatic heterocycles. The number of carbonyl (C=O) groups is 1. The molecule has 106 valence electrons. The Kier molecular flexibility index (Phi) is 3.64. The van der Waals surface area contributed by atoms with Gasteiger partial charge in [-0.05, 0) is 44.2 Å². The van der Waals surface area contributed by atoms with Gasteiger partial charge in [-0.15, -0.1) is 0 Å². The van der Waals surface area contributed by atoms with Crippen LogP contribution in [0.4, 0.5) is 11.4 Å². The Bertz CT molecular complexity index is 720. The molecule has 0 N–H and O–H groups in total. The first kappa shape index (κ1) is 14.0. The highest BCUT2D eigenvalue weighted by molar-refractivity contribution is 9.10. The summed E-state index contributed by atoms with van der Waals surface area (Å²) in [5, 5.41) is 0. The van der Waals surface area contributed by atoms with Gasteiger partial charge in [-0.1, -0.05) is 34.1 Å². The fraction of sp³-hybridized carbons (Fsp3) is 0.176. The molecule has 0 bridgehead atoms. The van der Waals surface area contributed by atoms with E-state index in [0.29, 0.717) is 5.71 Å². The molecule has 0 unspecified atom stereocenters. The first-order valence-corrected chi connectivity index (χ1v) is 7.64. The molecule has 1 amide bonds. The van der Waals surface area contributed by atoms with Crippen LogP contribution >= 0.6 is 15.9 Å². The maximum absolute atomic E-state index is 12.7. The summed E-state index contributed by atoms with van der Waals surface area (Å²) < 4.78 is 0.994. The number of amides is 1. The van der Waals surface area contributed by atoms with E-state index in [1.54, 1.807) is 4.90 Å². The van der Waals surface area contributed by atoms with Gasteiger partial charge in [0.25, 0.3) is 5.91 Å². The minimum atomic E-state index is -0.0332. The number of carbonyl (C=O) groups excluding carboxylic acids is 1. The number of fused-ring (bicyclic) bond motifs is 1. The lowest BCUT2D eigenvalue weighted by Gasteiger charge is -2.20. The van der Waals surface area contributed by atoms with Crippen molar-refractivity contribution in [3.05, 3.63) is 58.6 Å². The van der Waals surface area contributed by atoms with E-state index in [9.17, 15) is 4.79 Å². The van der Waals surface area contributed by atoms with Crippen LogP contribution in [0.5, 0.6) is 0 Å². The Morgan fingerprint density at radius 3 is 2.38 bits per heavy atom. The van der Waals surface area contributed by atoms with Crippen LogP contribution in [0, 0.1) is 0 Å². The largest absolute Gasteiger partial charge is 0.304 e. The highest BCUT2D eigenvalue weighted by atomic mass is 79.9. The molecule has 3 nitrogen and oxygen atoms in total. The third kappa shape index (κ3) is 2.51. The van der Waals surface area contributed by atoms with Crippen molar-refractivity contribution in [2.75, 3.05) is 4.90 Å². The molecular formula is C17H15BrN2O. The van der Waals surface area contributed by atoms with Gasteiger partial charge >= 0.3 is 0 Å². The van der Waals surface area contributed by atoms with Crippen LogP contribution < -0.4 is 4.90 Å². The standard InChI is InChI=1S/C17H15BrN2O/c1-11(2)20-15-6-4-3-5-14(15)16(17(20)21)19-13-9-7-12(18)8-10-13/h3-11H,1-2H3/b19-16-. The summed E-state index contributed by atoms with van der Waals surface area (Å²) >= 11 is 3.40. The molecule has 0 radical (unpaired) electrons. The van der Waals surface area contributed by atoms with Crippen LogP contribution in [0.1, 0.15) is 19.4 Å². The summed E-state index contributed by atoms with van der Waals surface area (Å²) in [6.45, 7) is 4.02. The van der Waals surface area contributed by atoms with E-state index in [0.717, 1.165) is 21.4 Å². The Morgan fingerprint density at radius 2 is 1.71 bits per heavy atom. The molecule has 4 heteroatoms. The van der Waals surface area contributed by atoms with Crippen molar-refractivity contribution < 1.29 is 4.79 Å². The van der Waals surface area contributed by atoms with Crippen LogP contribution in [0.25, 0.3) is 0 Å². The van der Waals surface area contributed by atoms with E-state index in [-0.39, 0.29) is 11.9 Å². The zero-order valence-corrected chi connectivity index (χ0v) is 13.5. The summed E-state index contributed by atoms with van der Waals surface area (Å²) in [7, 11) is 0. The fourth-order valence-corrected chi connectivity index (χ4v) is 2.75. The quantitative estimate of drug-likeness (QED) is 0.799. The number of benzene rings is 2. The van der Waals surface area contributed by atoms with Gasteiger partial charge in [0.05, 0.1) is 11.4 Å². The van der Waals surface area contributed by atoms with Crippen molar-refractivity contribution in [1.82, 2.24) is 0 Å². The molecular weight excluding hydrogens is 328 g/mol. The first-order chi connectivity index (χ1) is 10.1. The summed E-state index contributed by atoms with van der Waals surface area (Å²) in [6, 6.07) is 15.5. The first-order valence-electron chi connectivity index (χ1n) is 6.85. The highest BCUT2D eigenvalue weighted by Crippen LogP contribution is 2.32. The number of anilines is 1. The number of nitrogens with zero attached hydrogens (tertiary/aromatic N) is 2. The average molecular weight is 343 g/mol. The summed E-state index contributed by atoms with van der Waals surface area (Å²) in [5.74, 6) is -0.0332. The van der Waals surface area contributed by atoms with Gasteiger partial charge in [0.1, 0.15) is 5.71 Å². The predicted octanol–water partition coefficient (Wildman–Crippen LogP) is 4.32. The number of hydrogen-bond acceptors (Lipinski definition) is 2. The molecule has 0 aliphatic carbocycles. The van der Waals surface area contributed by atoms with Gasteiger partial charge in [0.2, 0.25) is 0 Å².